The Morgan fingerprint density at radius 3 is 3.09 bits per heavy atom. The fourth-order valence-corrected chi connectivity index (χ4v) is 3.96. The molecule has 0 saturated carbocycles. The summed E-state index contributed by atoms with van der Waals surface area (Å²) in [4.78, 5) is 27.1. The number of ether oxygens (including phenoxy) is 1. The number of thioether (sulfide) groups is 1. The quantitative estimate of drug-likeness (QED) is 0.897. The average molecular weight is 334 g/mol. The highest BCUT2D eigenvalue weighted by Crippen LogP contribution is 2.34. The molecule has 1 aromatic carbocycles. The van der Waals surface area contributed by atoms with Crippen molar-refractivity contribution in [1.82, 2.24) is 5.32 Å². The molecule has 23 heavy (non-hydrogen) atoms. The summed E-state index contributed by atoms with van der Waals surface area (Å²) in [6.07, 6.45) is 2.48. The van der Waals surface area contributed by atoms with Crippen molar-refractivity contribution in [2.45, 2.75) is 43.2 Å². The summed E-state index contributed by atoms with van der Waals surface area (Å²) in [5.74, 6) is 0.468. The molecule has 2 unspecified atom stereocenters. The van der Waals surface area contributed by atoms with Gasteiger partial charge in [0.2, 0.25) is 11.8 Å². The van der Waals surface area contributed by atoms with Gasteiger partial charge < -0.3 is 15.0 Å². The van der Waals surface area contributed by atoms with E-state index in [0.29, 0.717) is 18.7 Å². The van der Waals surface area contributed by atoms with Crippen LogP contribution in [0.4, 0.5) is 5.69 Å². The summed E-state index contributed by atoms with van der Waals surface area (Å²) < 4.78 is 5.59. The molecule has 2 amide bonds. The number of anilines is 1. The SMILES string of the molecule is CC(NC(=O)CCN1C(=O)CSc2ccccc21)C1CCCO1. The van der Waals surface area contributed by atoms with Crippen LogP contribution in [0.5, 0.6) is 0 Å². The summed E-state index contributed by atoms with van der Waals surface area (Å²) in [5.41, 5.74) is 0.911. The third kappa shape index (κ3) is 3.87. The summed E-state index contributed by atoms with van der Waals surface area (Å²) >= 11 is 1.55. The molecule has 1 saturated heterocycles. The third-order valence-corrected chi connectivity index (χ3v) is 5.33. The van der Waals surface area contributed by atoms with Gasteiger partial charge in [-0.25, -0.2) is 0 Å². The summed E-state index contributed by atoms with van der Waals surface area (Å²) in [5, 5.41) is 2.99. The molecule has 124 valence electrons. The second-order valence-electron chi connectivity index (χ2n) is 5.96. The first-order valence-electron chi connectivity index (χ1n) is 8.08. The highest BCUT2D eigenvalue weighted by molar-refractivity contribution is 8.00. The molecule has 1 N–H and O–H groups in total. The number of benzene rings is 1. The minimum absolute atomic E-state index is 0.0184. The maximum atomic E-state index is 12.2. The summed E-state index contributed by atoms with van der Waals surface area (Å²) in [7, 11) is 0. The van der Waals surface area contributed by atoms with E-state index in [4.69, 9.17) is 4.74 Å². The molecular weight excluding hydrogens is 312 g/mol. The van der Waals surface area contributed by atoms with E-state index in [-0.39, 0.29) is 24.0 Å². The predicted molar refractivity (Wildman–Crippen MR) is 90.7 cm³/mol. The van der Waals surface area contributed by atoms with Crippen molar-refractivity contribution in [2.24, 2.45) is 0 Å². The normalized spacial score (nSPS) is 21.9. The van der Waals surface area contributed by atoms with Crippen LogP contribution in [0.2, 0.25) is 0 Å². The smallest absolute Gasteiger partial charge is 0.237 e. The number of rotatable bonds is 5. The zero-order valence-electron chi connectivity index (χ0n) is 13.3. The molecule has 0 radical (unpaired) electrons. The molecule has 6 heteroatoms. The van der Waals surface area contributed by atoms with E-state index in [0.717, 1.165) is 30.0 Å². The molecule has 2 aliphatic heterocycles. The Balaban J connectivity index is 1.55. The minimum Gasteiger partial charge on any atom is -0.376 e. The number of fused-ring (bicyclic) bond motifs is 1. The predicted octanol–water partition coefficient (Wildman–Crippen LogP) is 2.20. The van der Waals surface area contributed by atoms with Gasteiger partial charge in [-0.15, -0.1) is 11.8 Å². The van der Waals surface area contributed by atoms with Gasteiger partial charge in [-0.3, -0.25) is 9.59 Å². The van der Waals surface area contributed by atoms with Crippen LogP contribution in [0.15, 0.2) is 29.2 Å². The molecule has 0 bridgehead atoms. The zero-order valence-corrected chi connectivity index (χ0v) is 14.1. The van der Waals surface area contributed by atoms with Crippen molar-refractivity contribution >= 4 is 29.3 Å². The van der Waals surface area contributed by atoms with Gasteiger partial charge in [0.15, 0.2) is 0 Å². The van der Waals surface area contributed by atoms with Crippen molar-refractivity contribution in [3.63, 3.8) is 0 Å². The van der Waals surface area contributed by atoms with Gasteiger partial charge in [0.1, 0.15) is 0 Å². The van der Waals surface area contributed by atoms with Crippen LogP contribution in [-0.2, 0) is 14.3 Å². The summed E-state index contributed by atoms with van der Waals surface area (Å²) in [6, 6.07) is 7.86. The fourth-order valence-electron chi connectivity index (χ4n) is 3.03. The maximum Gasteiger partial charge on any atom is 0.237 e. The van der Waals surface area contributed by atoms with Gasteiger partial charge >= 0.3 is 0 Å². The number of nitrogens with one attached hydrogen (secondary N) is 1. The number of amides is 2. The third-order valence-electron chi connectivity index (χ3n) is 4.28. The molecule has 5 nitrogen and oxygen atoms in total. The number of carbonyl (C=O) groups is 2. The molecule has 2 aliphatic rings. The van der Waals surface area contributed by atoms with Crippen molar-refractivity contribution in [2.75, 3.05) is 23.8 Å². The topological polar surface area (TPSA) is 58.6 Å². The highest BCUT2D eigenvalue weighted by atomic mass is 32.2. The first kappa shape index (κ1) is 16.3. The van der Waals surface area contributed by atoms with E-state index in [9.17, 15) is 9.59 Å². The van der Waals surface area contributed by atoms with Gasteiger partial charge in [-0.05, 0) is 31.9 Å². The molecule has 0 spiro atoms. The van der Waals surface area contributed by atoms with Gasteiger partial charge in [-0.1, -0.05) is 12.1 Å². The van der Waals surface area contributed by atoms with Crippen molar-refractivity contribution in [1.29, 1.82) is 0 Å². The van der Waals surface area contributed by atoms with Crippen LogP contribution >= 0.6 is 11.8 Å². The highest BCUT2D eigenvalue weighted by Gasteiger charge is 2.26. The van der Waals surface area contributed by atoms with Gasteiger partial charge in [0, 0.05) is 24.5 Å². The number of carbonyl (C=O) groups excluding carboxylic acids is 2. The van der Waals surface area contributed by atoms with Crippen LogP contribution in [0.3, 0.4) is 0 Å². The Kier molecular flexibility index (Phi) is 5.23. The monoisotopic (exact) mass is 334 g/mol. The second kappa shape index (κ2) is 7.36. The molecule has 1 aromatic rings. The second-order valence-corrected chi connectivity index (χ2v) is 6.98. The van der Waals surface area contributed by atoms with Crippen LogP contribution in [-0.4, -0.2) is 42.9 Å². The Morgan fingerprint density at radius 2 is 2.30 bits per heavy atom. The molecule has 1 fully saturated rings. The lowest BCUT2D eigenvalue weighted by atomic mass is 10.1. The van der Waals surface area contributed by atoms with E-state index < -0.39 is 0 Å². The lowest BCUT2D eigenvalue weighted by Crippen LogP contribution is -2.43. The Morgan fingerprint density at radius 1 is 1.48 bits per heavy atom. The fraction of sp³-hybridized carbons (Fsp3) is 0.529. The van der Waals surface area contributed by atoms with E-state index in [1.807, 2.05) is 31.2 Å². The largest absolute Gasteiger partial charge is 0.376 e. The lowest BCUT2D eigenvalue weighted by molar-refractivity contribution is -0.122. The first-order valence-corrected chi connectivity index (χ1v) is 9.07. The van der Waals surface area contributed by atoms with Gasteiger partial charge in [-0.2, -0.15) is 0 Å². The zero-order chi connectivity index (χ0) is 16.2. The Labute approximate surface area is 140 Å². The van der Waals surface area contributed by atoms with E-state index in [2.05, 4.69) is 5.32 Å². The van der Waals surface area contributed by atoms with Gasteiger partial charge in [0.05, 0.1) is 23.6 Å². The van der Waals surface area contributed by atoms with Crippen LogP contribution < -0.4 is 10.2 Å². The first-order chi connectivity index (χ1) is 11.1. The van der Waals surface area contributed by atoms with E-state index >= 15 is 0 Å². The van der Waals surface area contributed by atoms with Crippen LogP contribution in [0.25, 0.3) is 0 Å². The van der Waals surface area contributed by atoms with Crippen molar-refractivity contribution in [3.8, 4) is 0 Å². The molecule has 2 heterocycles. The Hall–Kier alpha value is -1.53. The molecule has 0 aliphatic carbocycles. The minimum atomic E-state index is -0.0310. The number of hydrogen-bond acceptors (Lipinski definition) is 4. The molecule has 3 rings (SSSR count). The van der Waals surface area contributed by atoms with Crippen molar-refractivity contribution in [3.05, 3.63) is 24.3 Å². The lowest BCUT2D eigenvalue weighted by Gasteiger charge is -2.29. The maximum absolute atomic E-state index is 12.2. The van der Waals surface area contributed by atoms with Gasteiger partial charge in [0.25, 0.3) is 0 Å². The van der Waals surface area contributed by atoms with Crippen LogP contribution in [0.1, 0.15) is 26.2 Å². The van der Waals surface area contributed by atoms with Crippen LogP contribution in [0, 0.1) is 0 Å². The van der Waals surface area contributed by atoms with E-state index in [1.165, 1.54) is 0 Å². The number of para-hydroxylation sites is 1. The molecular formula is C17H22N2O3S. The Bertz CT molecular complexity index is 587. The van der Waals surface area contributed by atoms with Crippen molar-refractivity contribution < 1.29 is 14.3 Å². The average Bonchev–Trinajstić information content (AvgIpc) is 3.08. The molecule has 2 atom stereocenters. The van der Waals surface area contributed by atoms with E-state index in [1.54, 1.807) is 16.7 Å². The summed E-state index contributed by atoms with van der Waals surface area (Å²) in [6.45, 7) is 3.17. The number of nitrogens with zero attached hydrogens (tertiary/aromatic N) is 1. The standard InChI is InChI=1S/C17H22N2O3S/c1-12(14-6-4-10-22-14)18-16(20)8-9-19-13-5-2-3-7-15(13)23-11-17(19)21/h2-3,5,7,12,14H,4,6,8-11H2,1H3,(H,18,20). The molecule has 0 aromatic heterocycles. The number of hydrogen-bond donors (Lipinski definition) is 1.